The molecule has 0 aromatic heterocycles. The van der Waals surface area contributed by atoms with Gasteiger partial charge in [-0.05, 0) is 25.1 Å². The summed E-state index contributed by atoms with van der Waals surface area (Å²) >= 11 is 0. The van der Waals surface area contributed by atoms with Gasteiger partial charge in [-0.1, -0.05) is 24.2 Å². The number of para-hydroxylation sites is 1. The van der Waals surface area contributed by atoms with E-state index in [0.717, 1.165) is 0 Å². The average molecular weight is 209 g/mol. The van der Waals surface area contributed by atoms with Gasteiger partial charge in [-0.3, -0.25) is 0 Å². The highest BCUT2D eigenvalue weighted by Crippen LogP contribution is 2.12. The van der Waals surface area contributed by atoms with Gasteiger partial charge in [0, 0.05) is 22.5 Å². The van der Waals surface area contributed by atoms with E-state index in [-0.39, 0.29) is 9.68 Å². The van der Waals surface area contributed by atoms with Gasteiger partial charge in [0.1, 0.15) is 9.68 Å². The molecule has 1 aromatic carbocycles. The van der Waals surface area contributed by atoms with E-state index in [1.54, 1.807) is 0 Å². The number of benzene rings is 1. The van der Waals surface area contributed by atoms with E-state index in [1.807, 2.05) is 0 Å². The van der Waals surface area contributed by atoms with Crippen LogP contribution in [0.2, 0.25) is 12.1 Å². The standard InChI is InChI=1S/C10H19NSi2/c1-2-11(13-9-8-12)10-6-4-3-5-7-10/h3-7H,2,8-9,13H2,1,12H3. The van der Waals surface area contributed by atoms with Crippen molar-refractivity contribution in [3.8, 4) is 0 Å². The predicted molar refractivity (Wildman–Crippen MR) is 67.6 cm³/mol. The Morgan fingerprint density at radius 1 is 1.31 bits per heavy atom. The summed E-state index contributed by atoms with van der Waals surface area (Å²) in [4.78, 5) is 0. The van der Waals surface area contributed by atoms with Crippen molar-refractivity contribution in [2.45, 2.75) is 19.0 Å². The molecule has 0 saturated carbocycles. The lowest BCUT2D eigenvalue weighted by Crippen LogP contribution is -2.26. The van der Waals surface area contributed by atoms with Gasteiger partial charge in [0.25, 0.3) is 0 Å². The van der Waals surface area contributed by atoms with Crippen molar-refractivity contribution < 1.29 is 0 Å². The third kappa shape index (κ3) is 3.36. The summed E-state index contributed by atoms with van der Waals surface area (Å²) in [6, 6.07) is 13.8. The topological polar surface area (TPSA) is 3.24 Å². The zero-order valence-electron chi connectivity index (χ0n) is 8.66. The quantitative estimate of drug-likeness (QED) is 0.649. The molecule has 0 fully saturated rings. The molecule has 3 heteroatoms. The molecule has 0 radical (unpaired) electrons. The molecule has 13 heavy (non-hydrogen) atoms. The Kier molecular flexibility index (Phi) is 4.85. The second-order valence-electron chi connectivity index (χ2n) is 3.27. The molecule has 0 spiro atoms. The Labute approximate surface area is 86.5 Å². The van der Waals surface area contributed by atoms with Crippen LogP contribution in [0.1, 0.15) is 6.92 Å². The van der Waals surface area contributed by atoms with E-state index in [4.69, 9.17) is 0 Å². The molecule has 0 aliphatic rings. The normalized spacial score (nSPS) is 11.2. The third-order valence-electron chi connectivity index (χ3n) is 2.28. The SMILES string of the molecule is CCN([SiH2]CC[SiH3])c1ccccc1. The monoisotopic (exact) mass is 209 g/mol. The highest BCUT2D eigenvalue weighted by molar-refractivity contribution is 6.42. The Balaban J connectivity index is 2.56. The van der Waals surface area contributed by atoms with E-state index in [9.17, 15) is 0 Å². The summed E-state index contributed by atoms with van der Waals surface area (Å²) in [5.74, 6) is 0. The van der Waals surface area contributed by atoms with Crippen molar-refractivity contribution in [3.05, 3.63) is 30.3 Å². The summed E-state index contributed by atoms with van der Waals surface area (Å²) in [6.07, 6.45) is 0. The summed E-state index contributed by atoms with van der Waals surface area (Å²) in [5.41, 5.74) is 1.42. The molecule has 0 atom stereocenters. The third-order valence-corrected chi connectivity index (χ3v) is 6.78. The second kappa shape index (κ2) is 5.99. The second-order valence-corrected chi connectivity index (χ2v) is 6.19. The van der Waals surface area contributed by atoms with Gasteiger partial charge in [0.2, 0.25) is 0 Å². The minimum atomic E-state index is -0.00497. The van der Waals surface area contributed by atoms with Crippen molar-refractivity contribution in [2.75, 3.05) is 11.1 Å². The molecule has 1 nitrogen and oxygen atoms in total. The maximum atomic E-state index is 2.58. The summed E-state index contributed by atoms with van der Waals surface area (Å²) in [7, 11) is 1.36. The number of nitrogens with zero attached hydrogens (tertiary/aromatic N) is 1. The van der Waals surface area contributed by atoms with Crippen LogP contribution in [0.4, 0.5) is 5.69 Å². The molecule has 0 bridgehead atoms. The van der Waals surface area contributed by atoms with Crippen molar-refractivity contribution in [1.82, 2.24) is 0 Å². The van der Waals surface area contributed by atoms with E-state index < -0.39 is 0 Å². The first kappa shape index (κ1) is 10.5. The maximum Gasteiger partial charge on any atom is 0.123 e. The zero-order chi connectivity index (χ0) is 9.52. The predicted octanol–water partition coefficient (Wildman–Crippen LogP) is 0.799. The van der Waals surface area contributed by atoms with Crippen LogP contribution in [-0.2, 0) is 0 Å². The van der Waals surface area contributed by atoms with Crippen LogP contribution in [0.15, 0.2) is 30.3 Å². The smallest absolute Gasteiger partial charge is 0.123 e. The van der Waals surface area contributed by atoms with E-state index in [1.165, 1.54) is 34.6 Å². The van der Waals surface area contributed by atoms with Gasteiger partial charge in [-0.15, -0.1) is 0 Å². The van der Waals surface area contributed by atoms with Gasteiger partial charge in [0.15, 0.2) is 0 Å². The van der Waals surface area contributed by atoms with Gasteiger partial charge in [0.05, 0.1) is 0 Å². The summed E-state index contributed by atoms with van der Waals surface area (Å²) in [6.45, 7) is 3.44. The molecule has 0 heterocycles. The molecule has 0 aliphatic carbocycles. The summed E-state index contributed by atoms with van der Waals surface area (Å²) < 4.78 is 2.58. The molecule has 0 unspecified atom stereocenters. The Morgan fingerprint density at radius 3 is 2.54 bits per heavy atom. The van der Waals surface area contributed by atoms with Crippen LogP contribution >= 0.6 is 0 Å². The lowest BCUT2D eigenvalue weighted by Gasteiger charge is -2.22. The van der Waals surface area contributed by atoms with Crippen LogP contribution in [0.5, 0.6) is 0 Å². The molecule has 1 rings (SSSR count). The van der Waals surface area contributed by atoms with Crippen LogP contribution < -0.4 is 4.57 Å². The lowest BCUT2D eigenvalue weighted by molar-refractivity contribution is 1.08. The first-order valence-corrected chi connectivity index (χ1v) is 8.23. The minimum Gasteiger partial charge on any atom is -0.403 e. The first-order chi connectivity index (χ1) is 6.38. The van der Waals surface area contributed by atoms with Crippen LogP contribution in [0.3, 0.4) is 0 Å². The molecule has 1 aromatic rings. The molecule has 0 amide bonds. The van der Waals surface area contributed by atoms with E-state index >= 15 is 0 Å². The number of anilines is 1. The van der Waals surface area contributed by atoms with Crippen LogP contribution in [0, 0.1) is 0 Å². The number of rotatable bonds is 5. The summed E-state index contributed by atoms with van der Waals surface area (Å²) in [5, 5.41) is 0. The zero-order valence-corrected chi connectivity index (χ0v) is 12.1. The Bertz CT molecular complexity index is 226. The molecule has 0 N–H and O–H groups in total. The lowest BCUT2D eigenvalue weighted by atomic mass is 10.3. The molecule has 72 valence electrons. The Hall–Kier alpha value is -0.546. The molecule has 0 aliphatic heterocycles. The van der Waals surface area contributed by atoms with Gasteiger partial charge >= 0.3 is 0 Å². The van der Waals surface area contributed by atoms with Crippen LogP contribution in [0.25, 0.3) is 0 Å². The van der Waals surface area contributed by atoms with E-state index in [0.29, 0.717) is 0 Å². The maximum absolute atomic E-state index is 2.58. The average Bonchev–Trinajstić information content (AvgIpc) is 2.21. The highest BCUT2D eigenvalue weighted by Gasteiger charge is 2.01. The van der Waals surface area contributed by atoms with Crippen molar-refractivity contribution in [1.29, 1.82) is 0 Å². The fourth-order valence-corrected chi connectivity index (χ4v) is 3.89. The van der Waals surface area contributed by atoms with E-state index in [2.05, 4.69) is 41.8 Å². The van der Waals surface area contributed by atoms with Gasteiger partial charge < -0.3 is 4.57 Å². The van der Waals surface area contributed by atoms with Crippen molar-refractivity contribution in [3.63, 3.8) is 0 Å². The number of hydrogen-bond acceptors (Lipinski definition) is 1. The molecular weight excluding hydrogens is 190 g/mol. The fraction of sp³-hybridized carbons (Fsp3) is 0.400. The van der Waals surface area contributed by atoms with Crippen molar-refractivity contribution >= 4 is 25.6 Å². The highest BCUT2D eigenvalue weighted by atomic mass is 28.2. The molecular formula is C10H19NSi2. The first-order valence-electron chi connectivity index (χ1n) is 5.18. The molecule has 0 saturated heterocycles. The van der Waals surface area contributed by atoms with Crippen LogP contribution in [-0.4, -0.2) is 26.5 Å². The number of hydrogen-bond donors (Lipinski definition) is 0. The fourth-order valence-electron chi connectivity index (χ4n) is 1.46. The Morgan fingerprint density at radius 2 is 2.00 bits per heavy atom. The van der Waals surface area contributed by atoms with Gasteiger partial charge in [-0.25, -0.2) is 0 Å². The minimum absolute atomic E-state index is 0.00497. The largest absolute Gasteiger partial charge is 0.403 e. The van der Waals surface area contributed by atoms with Crippen molar-refractivity contribution in [2.24, 2.45) is 0 Å². The van der Waals surface area contributed by atoms with Gasteiger partial charge in [-0.2, -0.15) is 0 Å².